The SMILES string of the molecule is CC1CN(C2CCCC2CN)CCCO1. The monoisotopic (exact) mass is 212 g/mol. The molecule has 0 aromatic rings. The first-order valence-corrected chi connectivity index (χ1v) is 6.37. The first-order chi connectivity index (χ1) is 7.31. The third-order valence-electron chi connectivity index (χ3n) is 3.87. The van der Waals surface area contributed by atoms with Crippen LogP contribution in [0.1, 0.15) is 32.6 Å². The molecule has 0 spiro atoms. The Balaban J connectivity index is 1.95. The van der Waals surface area contributed by atoms with E-state index in [-0.39, 0.29) is 0 Å². The van der Waals surface area contributed by atoms with E-state index in [4.69, 9.17) is 10.5 Å². The van der Waals surface area contributed by atoms with Crippen LogP contribution in [0.5, 0.6) is 0 Å². The Hall–Kier alpha value is -0.120. The van der Waals surface area contributed by atoms with E-state index < -0.39 is 0 Å². The summed E-state index contributed by atoms with van der Waals surface area (Å²) in [5, 5.41) is 0. The van der Waals surface area contributed by atoms with Gasteiger partial charge >= 0.3 is 0 Å². The maximum atomic E-state index is 5.85. The summed E-state index contributed by atoms with van der Waals surface area (Å²) in [5.41, 5.74) is 5.85. The minimum absolute atomic E-state index is 0.395. The minimum atomic E-state index is 0.395. The fraction of sp³-hybridized carbons (Fsp3) is 1.00. The van der Waals surface area contributed by atoms with Crippen LogP contribution in [-0.2, 0) is 4.74 Å². The normalized spacial score (nSPS) is 39.2. The largest absolute Gasteiger partial charge is 0.377 e. The van der Waals surface area contributed by atoms with E-state index in [1.54, 1.807) is 0 Å². The third-order valence-corrected chi connectivity index (χ3v) is 3.87. The molecule has 0 bridgehead atoms. The van der Waals surface area contributed by atoms with E-state index in [1.165, 1.54) is 32.2 Å². The van der Waals surface area contributed by atoms with Crippen molar-refractivity contribution in [1.82, 2.24) is 4.90 Å². The molecule has 2 aliphatic rings. The average molecular weight is 212 g/mol. The van der Waals surface area contributed by atoms with Crippen LogP contribution in [0.15, 0.2) is 0 Å². The number of nitrogens with zero attached hydrogens (tertiary/aromatic N) is 1. The molecular weight excluding hydrogens is 188 g/mol. The molecule has 3 atom stereocenters. The van der Waals surface area contributed by atoms with E-state index in [1.807, 2.05) is 0 Å². The molecule has 0 aromatic heterocycles. The minimum Gasteiger partial charge on any atom is -0.377 e. The summed E-state index contributed by atoms with van der Waals surface area (Å²) in [7, 11) is 0. The average Bonchev–Trinajstić information content (AvgIpc) is 2.61. The van der Waals surface area contributed by atoms with Gasteiger partial charge in [0.2, 0.25) is 0 Å². The number of ether oxygens (including phenoxy) is 1. The zero-order valence-electron chi connectivity index (χ0n) is 9.82. The Morgan fingerprint density at radius 2 is 2.20 bits per heavy atom. The number of rotatable bonds is 2. The molecule has 3 nitrogen and oxygen atoms in total. The summed E-state index contributed by atoms with van der Waals surface area (Å²) in [4.78, 5) is 2.63. The number of nitrogens with two attached hydrogens (primary N) is 1. The molecule has 2 N–H and O–H groups in total. The second-order valence-electron chi connectivity index (χ2n) is 5.02. The maximum Gasteiger partial charge on any atom is 0.0674 e. The Morgan fingerprint density at radius 1 is 1.33 bits per heavy atom. The van der Waals surface area contributed by atoms with Crippen LogP contribution < -0.4 is 5.73 Å². The maximum absolute atomic E-state index is 5.85. The summed E-state index contributed by atoms with van der Waals surface area (Å²) in [6.45, 7) is 6.27. The van der Waals surface area contributed by atoms with Crippen LogP contribution in [-0.4, -0.2) is 43.3 Å². The van der Waals surface area contributed by atoms with Crippen molar-refractivity contribution in [2.75, 3.05) is 26.2 Å². The predicted molar refractivity (Wildman–Crippen MR) is 61.8 cm³/mol. The Kier molecular flexibility index (Phi) is 4.00. The molecule has 1 saturated heterocycles. The summed E-state index contributed by atoms with van der Waals surface area (Å²) in [6, 6.07) is 0.735. The molecular formula is C12H24N2O. The third kappa shape index (κ3) is 2.71. The summed E-state index contributed by atoms with van der Waals surface area (Å²) < 4.78 is 5.69. The van der Waals surface area contributed by atoms with E-state index in [9.17, 15) is 0 Å². The number of hydrogen-bond donors (Lipinski definition) is 1. The summed E-state index contributed by atoms with van der Waals surface area (Å²) in [6.07, 6.45) is 5.60. The molecule has 3 heteroatoms. The second-order valence-corrected chi connectivity index (χ2v) is 5.02. The van der Waals surface area contributed by atoms with Crippen molar-refractivity contribution in [2.24, 2.45) is 11.7 Å². The quantitative estimate of drug-likeness (QED) is 0.748. The topological polar surface area (TPSA) is 38.5 Å². The van der Waals surface area contributed by atoms with Crippen molar-refractivity contribution in [3.05, 3.63) is 0 Å². The lowest BCUT2D eigenvalue weighted by atomic mass is 10.0. The molecule has 3 unspecified atom stereocenters. The molecule has 2 fully saturated rings. The van der Waals surface area contributed by atoms with Crippen LogP contribution in [0, 0.1) is 5.92 Å². The lowest BCUT2D eigenvalue weighted by molar-refractivity contribution is 0.0567. The highest BCUT2D eigenvalue weighted by atomic mass is 16.5. The summed E-state index contributed by atoms with van der Waals surface area (Å²) >= 11 is 0. The fourth-order valence-corrected chi connectivity index (χ4v) is 3.10. The lowest BCUT2D eigenvalue weighted by Crippen LogP contribution is -2.43. The molecule has 1 saturated carbocycles. The van der Waals surface area contributed by atoms with E-state index in [2.05, 4.69) is 11.8 Å². The van der Waals surface area contributed by atoms with E-state index in [0.29, 0.717) is 6.10 Å². The molecule has 15 heavy (non-hydrogen) atoms. The van der Waals surface area contributed by atoms with Crippen LogP contribution in [0.3, 0.4) is 0 Å². The first-order valence-electron chi connectivity index (χ1n) is 6.37. The predicted octanol–water partition coefficient (Wildman–Crippen LogP) is 1.22. The van der Waals surface area contributed by atoms with Gasteiger partial charge in [0.05, 0.1) is 6.10 Å². The standard InChI is InChI=1S/C12H24N2O/c1-10-9-14(6-3-7-15-10)12-5-2-4-11(12)8-13/h10-12H,2-9,13H2,1H3. The highest BCUT2D eigenvalue weighted by Gasteiger charge is 2.32. The van der Waals surface area contributed by atoms with Gasteiger partial charge in [0.15, 0.2) is 0 Å². The zero-order chi connectivity index (χ0) is 10.7. The lowest BCUT2D eigenvalue weighted by Gasteiger charge is -2.32. The molecule has 0 amide bonds. The Morgan fingerprint density at radius 3 is 3.00 bits per heavy atom. The van der Waals surface area contributed by atoms with Gasteiger partial charge in [-0.3, -0.25) is 4.90 Å². The van der Waals surface area contributed by atoms with Gasteiger partial charge in [-0.15, -0.1) is 0 Å². The zero-order valence-corrected chi connectivity index (χ0v) is 9.82. The molecule has 88 valence electrons. The molecule has 0 aromatic carbocycles. The van der Waals surface area contributed by atoms with Gasteiger partial charge in [-0.2, -0.15) is 0 Å². The first kappa shape index (κ1) is 11.4. The van der Waals surface area contributed by atoms with Crippen LogP contribution in [0.4, 0.5) is 0 Å². The van der Waals surface area contributed by atoms with Gasteiger partial charge in [-0.05, 0) is 38.6 Å². The van der Waals surface area contributed by atoms with Crippen molar-refractivity contribution < 1.29 is 4.74 Å². The van der Waals surface area contributed by atoms with E-state index >= 15 is 0 Å². The van der Waals surface area contributed by atoms with Crippen LogP contribution >= 0.6 is 0 Å². The summed E-state index contributed by atoms with van der Waals surface area (Å²) in [5.74, 6) is 0.732. The fourth-order valence-electron chi connectivity index (χ4n) is 3.10. The smallest absolute Gasteiger partial charge is 0.0674 e. The van der Waals surface area contributed by atoms with Crippen molar-refractivity contribution in [3.8, 4) is 0 Å². The van der Waals surface area contributed by atoms with Crippen molar-refractivity contribution in [1.29, 1.82) is 0 Å². The van der Waals surface area contributed by atoms with Crippen molar-refractivity contribution in [2.45, 2.75) is 44.8 Å². The van der Waals surface area contributed by atoms with Gasteiger partial charge < -0.3 is 10.5 Å². The van der Waals surface area contributed by atoms with Gasteiger partial charge in [0, 0.05) is 25.7 Å². The van der Waals surface area contributed by atoms with Crippen molar-refractivity contribution in [3.63, 3.8) is 0 Å². The van der Waals surface area contributed by atoms with Crippen LogP contribution in [0.2, 0.25) is 0 Å². The highest BCUT2D eigenvalue weighted by molar-refractivity contribution is 4.87. The number of hydrogen-bond acceptors (Lipinski definition) is 3. The highest BCUT2D eigenvalue weighted by Crippen LogP contribution is 2.30. The molecule has 1 aliphatic heterocycles. The molecule has 2 rings (SSSR count). The van der Waals surface area contributed by atoms with Gasteiger partial charge in [0.1, 0.15) is 0 Å². The van der Waals surface area contributed by atoms with Gasteiger partial charge in [-0.25, -0.2) is 0 Å². The van der Waals surface area contributed by atoms with Gasteiger partial charge in [0.25, 0.3) is 0 Å². The molecule has 0 radical (unpaired) electrons. The Labute approximate surface area is 93.0 Å². The molecule has 1 aliphatic carbocycles. The Bertz CT molecular complexity index is 198. The molecule has 1 heterocycles. The van der Waals surface area contributed by atoms with Crippen molar-refractivity contribution >= 4 is 0 Å². The van der Waals surface area contributed by atoms with E-state index in [0.717, 1.165) is 31.7 Å². The van der Waals surface area contributed by atoms with Gasteiger partial charge in [-0.1, -0.05) is 6.42 Å². The van der Waals surface area contributed by atoms with Crippen LogP contribution in [0.25, 0.3) is 0 Å². The second kappa shape index (κ2) is 5.28.